The molecule has 2 N–H and O–H groups in total. The third-order valence-corrected chi connectivity index (χ3v) is 2.23. The van der Waals surface area contributed by atoms with Gasteiger partial charge in [0.15, 0.2) is 0 Å². The van der Waals surface area contributed by atoms with E-state index in [2.05, 4.69) is 0 Å². The first-order valence-electron chi connectivity index (χ1n) is 3.60. The standard InChI is InChI=1S/C7H12N2O2/c1-4-3-5(6(8)10)7(11)9(4)2/h4-5H,3H2,1-2H3,(H2,8,10). The molecular weight excluding hydrogens is 144 g/mol. The highest BCUT2D eigenvalue weighted by atomic mass is 16.2. The van der Waals surface area contributed by atoms with Crippen LogP contribution in [-0.4, -0.2) is 29.8 Å². The van der Waals surface area contributed by atoms with Gasteiger partial charge in [-0.25, -0.2) is 0 Å². The summed E-state index contributed by atoms with van der Waals surface area (Å²) in [4.78, 5) is 23.4. The van der Waals surface area contributed by atoms with Crippen LogP contribution in [0.4, 0.5) is 0 Å². The van der Waals surface area contributed by atoms with Gasteiger partial charge in [-0.2, -0.15) is 0 Å². The maximum Gasteiger partial charge on any atom is 0.235 e. The van der Waals surface area contributed by atoms with Gasteiger partial charge < -0.3 is 10.6 Å². The van der Waals surface area contributed by atoms with Gasteiger partial charge in [-0.3, -0.25) is 9.59 Å². The van der Waals surface area contributed by atoms with Crippen LogP contribution in [0.3, 0.4) is 0 Å². The summed E-state index contributed by atoms with van der Waals surface area (Å²) in [6.45, 7) is 1.90. The minimum absolute atomic E-state index is 0.139. The summed E-state index contributed by atoms with van der Waals surface area (Å²) < 4.78 is 0. The van der Waals surface area contributed by atoms with Gasteiger partial charge in [0.05, 0.1) is 0 Å². The van der Waals surface area contributed by atoms with E-state index in [-0.39, 0.29) is 11.9 Å². The van der Waals surface area contributed by atoms with E-state index < -0.39 is 11.8 Å². The molecule has 1 saturated heterocycles. The highest BCUT2D eigenvalue weighted by Crippen LogP contribution is 2.21. The van der Waals surface area contributed by atoms with E-state index in [1.54, 1.807) is 11.9 Å². The summed E-state index contributed by atoms with van der Waals surface area (Å²) in [5.41, 5.74) is 5.03. The van der Waals surface area contributed by atoms with Crippen molar-refractivity contribution in [3.8, 4) is 0 Å². The highest BCUT2D eigenvalue weighted by molar-refractivity contribution is 6.01. The van der Waals surface area contributed by atoms with Crippen molar-refractivity contribution in [1.29, 1.82) is 0 Å². The largest absolute Gasteiger partial charge is 0.369 e. The van der Waals surface area contributed by atoms with Crippen molar-refractivity contribution in [2.75, 3.05) is 7.05 Å². The van der Waals surface area contributed by atoms with Gasteiger partial charge in [-0.1, -0.05) is 0 Å². The molecule has 1 fully saturated rings. The second-order valence-corrected chi connectivity index (χ2v) is 2.99. The number of rotatable bonds is 1. The normalized spacial score (nSPS) is 31.1. The van der Waals surface area contributed by atoms with Crippen LogP contribution < -0.4 is 5.73 Å². The number of hydrogen-bond acceptors (Lipinski definition) is 2. The Kier molecular flexibility index (Phi) is 1.85. The molecule has 11 heavy (non-hydrogen) atoms. The van der Waals surface area contributed by atoms with Crippen LogP contribution in [0.15, 0.2) is 0 Å². The number of carbonyl (C=O) groups excluding carboxylic acids is 2. The minimum Gasteiger partial charge on any atom is -0.369 e. The van der Waals surface area contributed by atoms with Crippen LogP contribution in [0.5, 0.6) is 0 Å². The molecule has 0 aromatic carbocycles. The number of nitrogens with two attached hydrogens (primary N) is 1. The van der Waals surface area contributed by atoms with Crippen molar-refractivity contribution in [3.05, 3.63) is 0 Å². The quantitative estimate of drug-likeness (QED) is 0.512. The molecule has 0 aromatic rings. The summed E-state index contributed by atoms with van der Waals surface area (Å²) >= 11 is 0. The Morgan fingerprint density at radius 3 is 2.45 bits per heavy atom. The van der Waals surface area contributed by atoms with E-state index in [4.69, 9.17) is 5.73 Å². The van der Waals surface area contributed by atoms with Gasteiger partial charge in [0.2, 0.25) is 11.8 Å². The number of amides is 2. The smallest absolute Gasteiger partial charge is 0.235 e. The lowest BCUT2D eigenvalue weighted by Gasteiger charge is -2.13. The van der Waals surface area contributed by atoms with Gasteiger partial charge in [-0.15, -0.1) is 0 Å². The van der Waals surface area contributed by atoms with Gasteiger partial charge in [0.1, 0.15) is 5.92 Å². The monoisotopic (exact) mass is 156 g/mol. The van der Waals surface area contributed by atoms with E-state index in [0.29, 0.717) is 6.42 Å². The van der Waals surface area contributed by atoms with Crippen LogP contribution in [0, 0.1) is 5.92 Å². The molecule has 0 aromatic heterocycles. The van der Waals surface area contributed by atoms with E-state index in [9.17, 15) is 9.59 Å². The summed E-state index contributed by atoms with van der Waals surface area (Å²) in [7, 11) is 1.69. The molecule has 0 spiro atoms. The Morgan fingerprint density at radius 1 is 1.73 bits per heavy atom. The first kappa shape index (κ1) is 8.04. The van der Waals surface area contributed by atoms with Crippen LogP contribution in [0.25, 0.3) is 0 Å². The van der Waals surface area contributed by atoms with E-state index in [1.807, 2.05) is 6.92 Å². The number of hydrogen-bond donors (Lipinski definition) is 1. The van der Waals surface area contributed by atoms with Gasteiger partial charge in [0.25, 0.3) is 0 Å². The first-order valence-corrected chi connectivity index (χ1v) is 3.60. The summed E-state index contributed by atoms with van der Waals surface area (Å²) in [6.07, 6.45) is 0.560. The molecule has 0 radical (unpaired) electrons. The molecule has 2 unspecified atom stereocenters. The van der Waals surface area contributed by atoms with Crippen molar-refractivity contribution in [2.24, 2.45) is 11.7 Å². The van der Waals surface area contributed by atoms with Crippen LogP contribution in [0.1, 0.15) is 13.3 Å². The summed E-state index contributed by atoms with van der Waals surface area (Å²) in [6, 6.07) is 0.139. The number of likely N-dealkylation sites (tertiary alicyclic amines) is 1. The average Bonchev–Trinajstić information content (AvgIpc) is 2.17. The van der Waals surface area contributed by atoms with Crippen molar-refractivity contribution >= 4 is 11.8 Å². The third-order valence-electron chi connectivity index (χ3n) is 2.23. The molecule has 4 heteroatoms. The van der Waals surface area contributed by atoms with E-state index >= 15 is 0 Å². The van der Waals surface area contributed by atoms with Crippen molar-refractivity contribution < 1.29 is 9.59 Å². The van der Waals surface area contributed by atoms with Gasteiger partial charge in [0, 0.05) is 13.1 Å². The SMILES string of the molecule is CC1CC(C(N)=O)C(=O)N1C. The Labute approximate surface area is 65.3 Å². The molecule has 62 valence electrons. The fourth-order valence-corrected chi connectivity index (χ4v) is 1.30. The summed E-state index contributed by atoms with van der Waals surface area (Å²) in [5.74, 6) is -1.24. The fourth-order valence-electron chi connectivity index (χ4n) is 1.30. The molecule has 4 nitrogen and oxygen atoms in total. The lowest BCUT2D eigenvalue weighted by molar-refractivity contribution is -0.135. The zero-order chi connectivity index (χ0) is 8.59. The maximum absolute atomic E-state index is 11.2. The van der Waals surface area contributed by atoms with Crippen LogP contribution in [0.2, 0.25) is 0 Å². The maximum atomic E-state index is 11.2. The molecule has 1 heterocycles. The van der Waals surface area contributed by atoms with E-state index in [1.165, 1.54) is 0 Å². The van der Waals surface area contributed by atoms with E-state index in [0.717, 1.165) is 0 Å². The van der Waals surface area contributed by atoms with Crippen LogP contribution >= 0.6 is 0 Å². The molecule has 0 aliphatic carbocycles. The Hall–Kier alpha value is -1.06. The molecule has 1 aliphatic rings. The number of primary amides is 1. The third kappa shape index (κ3) is 1.20. The lowest BCUT2D eigenvalue weighted by Crippen LogP contribution is -2.32. The predicted molar refractivity (Wildman–Crippen MR) is 39.5 cm³/mol. The molecule has 1 rings (SSSR count). The Bertz CT molecular complexity index is 203. The zero-order valence-corrected chi connectivity index (χ0v) is 6.70. The zero-order valence-electron chi connectivity index (χ0n) is 6.70. The average molecular weight is 156 g/mol. The van der Waals surface area contributed by atoms with Gasteiger partial charge in [-0.05, 0) is 13.3 Å². The van der Waals surface area contributed by atoms with Crippen molar-refractivity contribution in [1.82, 2.24) is 4.90 Å². The predicted octanol–water partition coefficient (Wildman–Crippen LogP) is -0.662. The minimum atomic E-state index is -0.588. The molecule has 0 bridgehead atoms. The second-order valence-electron chi connectivity index (χ2n) is 2.99. The molecule has 0 saturated carbocycles. The number of carbonyl (C=O) groups is 2. The summed E-state index contributed by atoms with van der Waals surface area (Å²) in [5, 5.41) is 0. The molecule has 2 atom stereocenters. The molecule has 1 aliphatic heterocycles. The highest BCUT2D eigenvalue weighted by Gasteiger charge is 2.37. The fraction of sp³-hybridized carbons (Fsp3) is 0.714. The number of nitrogens with zero attached hydrogens (tertiary/aromatic N) is 1. The molecule has 2 amide bonds. The van der Waals surface area contributed by atoms with Crippen molar-refractivity contribution in [2.45, 2.75) is 19.4 Å². The Balaban J connectivity index is 2.75. The topological polar surface area (TPSA) is 63.4 Å². The Morgan fingerprint density at radius 2 is 2.27 bits per heavy atom. The van der Waals surface area contributed by atoms with Crippen LogP contribution in [-0.2, 0) is 9.59 Å². The second kappa shape index (κ2) is 2.53. The molecular formula is C7H12N2O2. The van der Waals surface area contributed by atoms with Gasteiger partial charge >= 0.3 is 0 Å². The lowest BCUT2D eigenvalue weighted by atomic mass is 10.1. The van der Waals surface area contributed by atoms with Crippen molar-refractivity contribution in [3.63, 3.8) is 0 Å². The first-order chi connectivity index (χ1) is 5.04.